The molecule has 156 valence electrons. The highest BCUT2D eigenvalue weighted by molar-refractivity contribution is 5.75. The highest BCUT2D eigenvalue weighted by atomic mass is 16.2. The monoisotopic (exact) mass is 405 g/mol. The standard InChI is InChI=1S/C24H27N3O3/c1-25(16-9-8-12-20-10-4-2-5-11-20)23(29)19-27-22(28)15-17-26(24(27)30)18-21-13-6-3-7-14-21/h2-7,10-11,13-15,17H,8-9,12,16,18-19H2,1H3. The zero-order chi connectivity index (χ0) is 21.3. The molecule has 2 aromatic carbocycles. The van der Waals surface area contributed by atoms with Crippen molar-refractivity contribution < 1.29 is 4.79 Å². The number of hydrogen-bond donors (Lipinski definition) is 0. The predicted octanol–water partition coefficient (Wildman–Crippen LogP) is 2.54. The third-order valence-electron chi connectivity index (χ3n) is 5.11. The number of carbonyl (C=O) groups is 1. The number of likely N-dealkylation sites (N-methyl/N-ethyl adjacent to an activating group) is 1. The van der Waals surface area contributed by atoms with Crippen LogP contribution in [0.25, 0.3) is 0 Å². The van der Waals surface area contributed by atoms with E-state index in [0.717, 1.165) is 29.4 Å². The molecule has 0 spiro atoms. The van der Waals surface area contributed by atoms with Crippen molar-refractivity contribution in [3.05, 3.63) is 105 Å². The lowest BCUT2D eigenvalue weighted by Crippen LogP contribution is -2.43. The summed E-state index contributed by atoms with van der Waals surface area (Å²) < 4.78 is 2.45. The first kappa shape index (κ1) is 21.3. The average molecular weight is 405 g/mol. The molecule has 0 aliphatic heterocycles. The third kappa shape index (κ3) is 5.80. The van der Waals surface area contributed by atoms with Crippen LogP contribution < -0.4 is 11.2 Å². The second-order valence-corrected chi connectivity index (χ2v) is 7.39. The Kier molecular flexibility index (Phi) is 7.38. The van der Waals surface area contributed by atoms with Crippen LogP contribution in [0, 0.1) is 0 Å². The van der Waals surface area contributed by atoms with Crippen LogP contribution >= 0.6 is 0 Å². The van der Waals surface area contributed by atoms with Crippen molar-refractivity contribution >= 4 is 5.91 Å². The number of unbranched alkanes of at least 4 members (excludes halogenated alkanes) is 1. The SMILES string of the molecule is CN(CCCCc1ccccc1)C(=O)Cn1c(=O)ccn(Cc2ccccc2)c1=O. The van der Waals surface area contributed by atoms with Gasteiger partial charge in [-0.15, -0.1) is 0 Å². The minimum atomic E-state index is -0.475. The van der Waals surface area contributed by atoms with Gasteiger partial charge in [-0.25, -0.2) is 4.79 Å². The lowest BCUT2D eigenvalue weighted by atomic mass is 10.1. The van der Waals surface area contributed by atoms with Crippen LogP contribution in [0.1, 0.15) is 24.0 Å². The molecule has 0 N–H and O–H groups in total. The van der Waals surface area contributed by atoms with Crippen molar-refractivity contribution in [2.75, 3.05) is 13.6 Å². The molecular weight excluding hydrogens is 378 g/mol. The zero-order valence-corrected chi connectivity index (χ0v) is 17.2. The third-order valence-corrected chi connectivity index (χ3v) is 5.11. The van der Waals surface area contributed by atoms with Gasteiger partial charge >= 0.3 is 5.69 Å². The van der Waals surface area contributed by atoms with Gasteiger partial charge in [0.15, 0.2) is 0 Å². The first-order chi connectivity index (χ1) is 14.5. The summed E-state index contributed by atoms with van der Waals surface area (Å²) in [7, 11) is 1.71. The second kappa shape index (κ2) is 10.4. The predicted molar refractivity (Wildman–Crippen MR) is 118 cm³/mol. The highest BCUT2D eigenvalue weighted by Gasteiger charge is 2.13. The molecule has 30 heavy (non-hydrogen) atoms. The Bertz CT molecular complexity index is 1070. The van der Waals surface area contributed by atoms with E-state index < -0.39 is 11.2 Å². The van der Waals surface area contributed by atoms with Gasteiger partial charge in [-0.1, -0.05) is 60.7 Å². The molecule has 1 heterocycles. The van der Waals surface area contributed by atoms with Gasteiger partial charge in [0.1, 0.15) is 6.54 Å². The first-order valence-corrected chi connectivity index (χ1v) is 10.2. The fraction of sp³-hybridized carbons (Fsp3) is 0.292. The molecule has 0 atom stereocenters. The van der Waals surface area contributed by atoms with E-state index in [1.54, 1.807) is 11.9 Å². The van der Waals surface area contributed by atoms with E-state index in [4.69, 9.17) is 0 Å². The summed E-state index contributed by atoms with van der Waals surface area (Å²) >= 11 is 0. The fourth-order valence-corrected chi connectivity index (χ4v) is 3.31. The molecule has 1 amide bonds. The van der Waals surface area contributed by atoms with E-state index >= 15 is 0 Å². The van der Waals surface area contributed by atoms with Crippen LogP contribution in [0.15, 0.2) is 82.5 Å². The maximum absolute atomic E-state index is 12.7. The summed E-state index contributed by atoms with van der Waals surface area (Å²) in [4.78, 5) is 39.1. The lowest BCUT2D eigenvalue weighted by Gasteiger charge is -2.18. The number of rotatable bonds is 9. The van der Waals surface area contributed by atoms with Gasteiger partial charge in [0, 0.05) is 25.9 Å². The van der Waals surface area contributed by atoms with Crippen LogP contribution in [0.4, 0.5) is 0 Å². The highest BCUT2D eigenvalue weighted by Crippen LogP contribution is 2.05. The van der Waals surface area contributed by atoms with Crippen molar-refractivity contribution in [1.29, 1.82) is 0 Å². The molecule has 0 fully saturated rings. The van der Waals surface area contributed by atoms with E-state index in [2.05, 4.69) is 12.1 Å². The summed E-state index contributed by atoms with van der Waals surface area (Å²) in [5.74, 6) is -0.244. The number of carbonyl (C=O) groups excluding carboxylic acids is 1. The molecule has 0 aliphatic carbocycles. The molecule has 3 aromatic rings. The Balaban J connectivity index is 1.58. The number of aromatic nitrogens is 2. The van der Waals surface area contributed by atoms with Crippen molar-refractivity contribution in [1.82, 2.24) is 14.0 Å². The Hall–Kier alpha value is -3.41. The van der Waals surface area contributed by atoms with Gasteiger partial charge in [-0.3, -0.25) is 18.7 Å². The van der Waals surface area contributed by atoms with E-state index in [1.807, 2.05) is 48.5 Å². The molecule has 0 aliphatic rings. The number of nitrogens with zero attached hydrogens (tertiary/aromatic N) is 3. The van der Waals surface area contributed by atoms with Crippen molar-refractivity contribution in [3.8, 4) is 0 Å². The van der Waals surface area contributed by atoms with Crippen molar-refractivity contribution in [2.24, 2.45) is 0 Å². The van der Waals surface area contributed by atoms with Gasteiger partial charge in [0.25, 0.3) is 5.56 Å². The molecule has 0 bridgehead atoms. The molecule has 3 rings (SSSR count). The molecule has 1 aromatic heterocycles. The summed E-state index contributed by atoms with van der Waals surface area (Å²) in [5.41, 5.74) is 1.29. The molecule has 6 nitrogen and oxygen atoms in total. The molecule has 0 saturated carbocycles. The van der Waals surface area contributed by atoms with E-state index in [1.165, 1.54) is 22.4 Å². The summed E-state index contributed by atoms with van der Waals surface area (Å²) in [5, 5.41) is 0. The normalized spacial score (nSPS) is 10.7. The Morgan fingerprint density at radius 2 is 1.50 bits per heavy atom. The molecule has 6 heteroatoms. The van der Waals surface area contributed by atoms with Crippen molar-refractivity contribution in [3.63, 3.8) is 0 Å². The van der Waals surface area contributed by atoms with E-state index in [-0.39, 0.29) is 12.5 Å². The number of hydrogen-bond acceptors (Lipinski definition) is 3. The van der Waals surface area contributed by atoms with Gasteiger partial charge in [-0.2, -0.15) is 0 Å². The number of benzene rings is 2. The summed E-state index contributed by atoms with van der Waals surface area (Å²) in [6.07, 6.45) is 4.27. The Labute approximate surface area is 176 Å². The largest absolute Gasteiger partial charge is 0.344 e. The first-order valence-electron chi connectivity index (χ1n) is 10.2. The van der Waals surface area contributed by atoms with Crippen LogP contribution in [-0.2, 0) is 24.3 Å². The van der Waals surface area contributed by atoms with Gasteiger partial charge < -0.3 is 4.90 Å². The Morgan fingerprint density at radius 3 is 2.17 bits per heavy atom. The summed E-state index contributed by atoms with van der Waals surface area (Å²) in [6, 6.07) is 21.1. The quantitative estimate of drug-likeness (QED) is 0.514. The van der Waals surface area contributed by atoms with Crippen LogP contribution in [0.5, 0.6) is 0 Å². The van der Waals surface area contributed by atoms with Crippen molar-refractivity contribution in [2.45, 2.75) is 32.4 Å². The molecule has 0 radical (unpaired) electrons. The Morgan fingerprint density at radius 1 is 0.867 bits per heavy atom. The van der Waals surface area contributed by atoms with E-state index in [9.17, 15) is 14.4 Å². The van der Waals surface area contributed by atoms with Crippen LogP contribution in [0.2, 0.25) is 0 Å². The van der Waals surface area contributed by atoms with Gasteiger partial charge in [0.2, 0.25) is 5.91 Å². The van der Waals surface area contributed by atoms with Gasteiger partial charge in [-0.05, 0) is 30.4 Å². The minimum Gasteiger partial charge on any atom is -0.344 e. The second-order valence-electron chi connectivity index (χ2n) is 7.39. The zero-order valence-electron chi connectivity index (χ0n) is 17.2. The maximum atomic E-state index is 12.7. The van der Waals surface area contributed by atoms with E-state index in [0.29, 0.717) is 13.1 Å². The topological polar surface area (TPSA) is 64.3 Å². The average Bonchev–Trinajstić information content (AvgIpc) is 2.77. The number of amides is 1. The van der Waals surface area contributed by atoms with Crippen LogP contribution in [0.3, 0.4) is 0 Å². The smallest absolute Gasteiger partial charge is 0.331 e. The molecule has 0 unspecified atom stereocenters. The lowest BCUT2D eigenvalue weighted by molar-refractivity contribution is -0.130. The number of aryl methyl sites for hydroxylation is 1. The fourth-order valence-electron chi connectivity index (χ4n) is 3.31. The molecular formula is C24H27N3O3. The summed E-state index contributed by atoms with van der Waals surface area (Å²) in [6.45, 7) is 0.692. The molecule has 0 saturated heterocycles. The maximum Gasteiger partial charge on any atom is 0.331 e. The van der Waals surface area contributed by atoms with Crippen LogP contribution in [-0.4, -0.2) is 33.5 Å². The van der Waals surface area contributed by atoms with Gasteiger partial charge in [0.05, 0.1) is 6.54 Å². The minimum absolute atomic E-state index is 0.244.